The molecule has 1 fully saturated rings. The third-order valence-electron chi connectivity index (χ3n) is 10.9. The minimum absolute atomic E-state index is 0.0104. The number of aliphatic hydroxyl groups excluding tert-OH is 1. The zero-order chi connectivity index (χ0) is 23.5. The lowest BCUT2D eigenvalue weighted by Gasteiger charge is -2.60. The van der Waals surface area contributed by atoms with Crippen molar-refractivity contribution in [2.45, 2.75) is 112 Å². The van der Waals surface area contributed by atoms with Gasteiger partial charge in [-0.15, -0.1) is 0 Å². The van der Waals surface area contributed by atoms with Crippen molar-refractivity contribution in [1.82, 2.24) is 0 Å². The maximum absolute atomic E-state index is 10.8. The Kier molecular flexibility index (Phi) is 6.36. The van der Waals surface area contributed by atoms with E-state index in [9.17, 15) is 5.11 Å². The molecule has 1 aliphatic heterocycles. The molecule has 0 bridgehead atoms. The van der Waals surface area contributed by atoms with Gasteiger partial charge in [-0.25, -0.2) is 0 Å². The van der Waals surface area contributed by atoms with Gasteiger partial charge in [-0.2, -0.15) is 0 Å². The zero-order valence-corrected chi connectivity index (χ0v) is 22.1. The quantitative estimate of drug-likeness (QED) is 0.436. The molecule has 32 heavy (non-hydrogen) atoms. The van der Waals surface area contributed by atoms with Crippen LogP contribution in [0.15, 0.2) is 28.3 Å². The molecule has 6 atom stereocenters. The van der Waals surface area contributed by atoms with E-state index in [0.717, 1.165) is 31.2 Å². The van der Waals surface area contributed by atoms with Gasteiger partial charge in [-0.05, 0) is 97.9 Å². The molecule has 3 aliphatic carbocycles. The van der Waals surface area contributed by atoms with E-state index in [4.69, 9.17) is 4.99 Å². The smallest absolute Gasteiger partial charge is 0.0594 e. The summed E-state index contributed by atoms with van der Waals surface area (Å²) in [6, 6.07) is 0. The van der Waals surface area contributed by atoms with E-state index in [-0.39, 0.29) is 22.3 Å². The minimum atomic E-state index is -0.158. The van der Waals surface area contributed by atoms with E-state index in [1.54, 1.807) is 11.1 Å². The summed E-state index contributed by atoms with van der Waals surface area (Å²) in [6.07, 6.45) is 10.5. The zero-order valence-electron chi connectivity index (χ0n) is 22.1. The fourth-order valence-electron chi connectivity index (χ4n) is 8.50. The predicted octanol–water partition coefficient (Wildman–Crippen LogP) is 7.77. The van der Waals surface area contributed by atoms with E-state index >= 15 is 0 Å². The van der Waals surface area contributed by atoms with Gasteiger partial charge >= 0.3 is 0 Å². The van der Waals surface area contributed by atoms with Crippen LogP contribution >= 0.6 is 0 Å². The van der Waals surface area contributed by atoms with Gasteiger partial charge in [0.1, 0.15) is 0 Å². The Hall–Kier alpha value is -0.890. The Labute approximate surface area is 198 Å². The molecule has 1 N–H and O–H groups in total. The summed E-state index contributed by atoms with van der Waals surface area (Å²) in [4.78, 5) is 5.28. The molecular formula is C30H49NO. The molecule has 2 nitrogen and oxygen atoms in total. The van der Waals surface area contributed by atoms with Crippen LogP contribution in [0.4, 0.5) is 0 Å². The molecule has 0 radical (unpaired) electrons. The lowest BCUT2D eigenvalue weighted by Crippen LogP contribution is -2.55. The average Bonchev–Trinajstić information content (AvgIpc) is 2.73. The standard InChI is InChI=1S/C30H49NO/c1-19(2)20(3)9-10-21(4)23-15-18-31-27-22-11-12-25-28(5,6)26(32)14-17-29(25,7)24(22)13-16-30(23,27)8/h19,21,23,25-26,32H,3,9-18H2,1-2,4-8H3/t21-,23+,25-,26+,29+,30-/m0/s1. The number of nitrogens with zero attached hydrogens (tertiary/aromatic N) is 1. The van der Waals surface area contributed by atoms with Crippen molar-refractivity contribution in [1.29, 1.82) is 0 Å². The molecule has 2 heteroatoms. The van der Waals surface area contributed by atoms with E-state index in [2.05, 4.69) is 55.0 Å². The second kappa shape index (κ2) is 8.40. The lowest BCUT2D eigenvalue weighted by atomic mass is 9.46. The Morgan fingerprint density at radius 2 is 1.75 bits per heavy atom. The number of aliphatic hydroxyl groups is 1. The normalized spacial score (nSPS) is 39.7. The number of aliphatic imine (C=N–C) groups is 1. The first-order valence-corrected chi connectivity index (χ1v) is 13.6. The molecule has 0 saturated heterocycles. The van der Waals surface area contributed by atoms with Crippen molar-refractivity contribution in [3.8, 4) is 0 Å². The predicted molar refractivity (Wildman–Crippen MR) is 137 cm³/mol. The van der Waals surface area contributed by atoms with Crippen LogP contribution in [0.1, 0.15) is 106 Å². The molecule has 1 heterocycles. The number of rotatable bonds is 5. The molecule has 4 aliphatic rings. The molecule has 4 rings (SSSR count). The van der Waals surface area contributed by atoms with Gasteiger partial charge in [0.25, 0.3) is 0 Å². The van der Waals surface area contributed by atoms with Crippen molar-refractivity contribution < 1.29 is 5.11 Å². The molecule has 0 aromatic carbocycles. The highest BCUT2D eigenvalue weighted by Crippen LogP contribution is 2.63. The SMILES string of the molecule is C=C(CC[C@H](C)[C@H]1CCN=C2C3=C(CC[C@]21C)[C@@]1(C)CC[C@@H](O)C(C)(C)[C@@H]1CC3)C(C)C. The van der Waals surface area contributed by atoms with Gasteiger partial charge in [-0.3, -0.25) is 4.99 Å². The summed E-state index contributed by atoms with van der Waals surface area (Å²) in [5.74, 6) is 2.64. The lowest BCUT2D eigenvalue weighted by molar-refractivity contribution is -0.0899. The molecule has 0 spiro atoms. The summed E-state index contributed by atoms with van der Waals surface area (Å²) in [5, 5.41) is 10.8. The second-order valence-corrected chi connectivity index (χ2v) is 13.2. The van der Waals surface area contributed by atoms with E-state index in [1.165, 1.54) is 56.2 Å². The average molecular weight is 440 g/mol. The maximum Gasteiger partial charge on any atom is 0.0594 e. The van der Waals surface area contributed by atoms with Crippen LogP contribution in [0.2, 0.25) is 0 Å². The van der Waals surface area contributed by atoms with Gasteiger partial charge < -0.3 is 5.11 Å². The van der Waals surface area contributed by atoms with Crippen molar-refractivity contribution in [2.24, 2.45) is 44.9 Å². The first-order chi connectivity index (χ1) is 14.9. The fourth-order valence-corrected chi connectivity index (χ4v) is 8.50. The number of fused-ring (bicyclic) bond motifs is 4. The summed E-state index contributed by atoms with van der Waals surface area (Å²) in [5.41, 5.74) is 6.77. The molecule has 0 aromatic rings. The number of allylic oxidation sites excluding steroid dienone is 3. The van der Waals surface area contributed by atoms with Crippen LogP contribution < -0.4 is 0 Å². The minimum Gasteiger partial charge on any atom is -0.393 e. The Balaban J connectivity index is 1.62. The number of hydrogen-bond acceptors (Lipinski definition) is 2. The summed E-state index contributed by atoms with van der Waals surface area (Å²) in [7, 11) is 0. The summed E-state index contributed by atoms with van der Waals surface area (Å²) >= 11 is 0. The van der Waals surface area contributed by atoms with Gasteiger partial charge in [0.2, 0.25) is 0 Å². The summed E-state index contributed by atoms with van der Waals surface area (Å²) in [6.45, 7) is 22.1. The van der Waals surface area contributed by atoms with Crippen LogP contribution in [-0.2, 0) is 0 Å². The molecular weight excluding hydrogens is 390 g/mol. The van der Waals surface area contributed by atoms with Crippen LogP contribution in [0.25, 0.3) is 0 Å². The first kappa shape index (κ1) is 24.2. The van der Waals surface area contributed by atoms with Gasteiger partial charge in [0.05, 0.1) is 6.10 Å². The highest BCUT2D eigenvalue weighted by atomic mass is 16.3. The maximum atomic E-state index is 10.8. The topological polar surface area (TPSA) is 32.6 Å². The van der Waals surface area contributed by atoms with Gasteiger partial charge in [0, 0.05) is 17.7 Å². The highest BCUT2D eigenvalue weighted by Gasteiger charge is 2.57. The number of hydrogen-bond donors (Lipinski definition) is 1. The van der Waals surface area contributed by atoms with Crippen molar-refractivity contribution in [2.75, 3.05) is 6.54 Å². The third kappa shape index (κ3) is 3.68. The van der Waals surface area contributed by atoms with Gasteiger partial charge in [0.15, 0.2) is 0 Å². The fraction of sp³-hybridized carbons (Fsp3) is 0.833. The first-order valence-electron chi connectivity index (χ1n) is 13.6. The highest BCUT2D eigenvalue weighted by molar-refractivity contribution is 6.06. The molecule has 0 unspecified atom stereocenters. The van der Waals surface area contributed by atoms with Crippen LogP contribution in [-0.4, -0.2) is 23.5 Å². The van der Waals surface area contributed by atoms with E-state index < -0.39 is 0 Å². The molecule has 180 valence electrons. The monoisotopic (exact) mass is 439 g/mol. The largest absolute Gasteiger partial charge is 0.393 e. The van der Waals surface area contributed by atoms with Crippen molar-refractivity contribution >= 4 is 5.71 Å². The van der Waals surface area contributed by atoms with Crippen LogP contribution in [0.3, 0.4) is 0 Å². The Morgan fingerprint density at radius 3 is 2.44 bits per heavy atom. The van der Waals surface area contributed by atoms with Crippen molar-refractivity contribution in [3.63, 3.8) is 0 Å². The molecule has 1 saturated carbocycles. The molecule has 0 amide bonds. The summed E-state index contributed by atoms with van der Waals surface area (Å²) < 4.78 is 0. The van der Waals surface area contributed by atoms with Crippen molar-refractivity contribution in [3.05, 3.63) is 23.3 Å². The third-order valence-corrected chi connectivity index (χ3v) is 10.9. The van der Waals surface area contributed by atoms with Gasteiger partial charge in [-0.1, -0.05) is 66.2 Å². The Morgan fingerprint density at radius 1 is 1.03 bits per heavy atom. The Bertz CT molecular complexity index is 817. The van der Waals surface area contributed by atoms with E-state index in [0.29, 0.717) is 11.8 Å². The second-order valence-electron chi connectivity index (χ2n) is 13.2. The van der Waals surface area contributed by atoms with Crippen LogP contribution in [0.5, 0.6) is 0 Å². The van der Waals surface area contributed by atoms with Crippen LogP contribution in [0, 0.1) is 39.9 Å². The van der Waals surface area contributed by atoms with E-state index in [1.807, 2.05) is 0 Å². The molecule has 0 aromatic heterocycles.